The van der Waals surface area contributed by atoms with Crippen LogP contribution in [0.1, 0.15) is 11.4 Å². The van der Waals surface area contributed by atoms with Crippen LogP contribution in [0.25, 0.3) is 11.3 Å². The van der Waals surface area contributed by atoms with Gasteiger partial charge in [0.2, 0.25) is 0 Å². The van der Waals surface area contributed by atoms with Crippen LogP contribution in [0, 0.1) is 19.7 Å². The Morgan fingerprint density at radius 3 is 2.31 bits per heavy atom. The van der Waals surface area contributed by atoms with Gasteiger partial charge in [-0.05, 0) is 38.1 Å². The van der Waals surface area contributed by atoms with Crippen molar-refractivity contribution >= 4 is 5.82 Å². The minimum absolute atomic E-state index is 0.264. The topological polar surface area (TPSA) is 51.8 Å². The van der Waals surface area contributed by atoms with Crippen molar-refractivity contribution in [2.24, 2.45) is 0 Å². The molecule has 1 aromatic carbocycles. The summed E-state index contributed by atoms with van der Waals surface area (Å²) in [5.74, 6) is 0.814. The van der Waals surface area contributed by atoms with Gasteiger partial charge in [-0.15, -0.1) is 0 Å². The van der Waals surface area contributed by atoms with Crippen LogP contribution in [-0.2, 0) is 0 Å². The third-order valence-electron chi connectivity index (χ3n) is 2.41. The van der Waals surface area contributed by atoms with E-state index in [1.54, 1.807) is 19.1 Å². The molecule has 2 N–H and O–H groups in total. The third-order valence-corrected chi connectivity index (χ3v) is 2.41. The Hall–Kier alpha value is -1.97. The Morgan fingerprint density at radius 2 is 1.69 bits per heavy atom. The minimum atomic E-state index is -0.264. The highest BCUT2D eigenvalue weighted by Crippen LogP contribution is 2.24. The van der Waals surface area contributed by atoms with E-state index in [4.69, 9.17) is 5.73 Å². The van der Waals surface area contributed by atoms with Crippen molar-refractivity contribution in [1.82, 2.24) is 9.97 Å². The summed E-state index contributed by atoms with van der Waals surface area (Å²) in [6.07, 6.45) is 0. The zero-order valence-corrected chi connectivity index (χ0v) is 9.16. The van der Waals surface area contributed by atoms with Crippen molar-refractivity contribution in [2.45, 2.75) is 13.8 Å². The molecule has 0 aliphatic carbocycles. The van der Waals surface area contributed by atoms with Crippen LogP contribution in [0.2, 0.25) is 0 Å². The summed E-state index contributed by atoms with van der Waals surface area (Å²) in [5.41, 5.74) is 8.18. The van der Waals surface area contributed by atoms with Crippen LogP contribution in [0.5, 0.6) is 0 Å². The Morgan fingerprint density at radius 1 is 1.06 bits per heavy atom. The summed E-state index contributed by atoms with van der Waals surface area (Å²) >= 11 is 0. The van der Waals surface area contributed by atoms with Crippen LogP contribution >= 0.6 is 0 Å². The molecule has 0 radical (unpaired) electrons. The van der Waals surface area contributed by atoms with Gasteiger partial charge in [0.05, 0.1) is 5.69 Å². The molecule has 0 saturated heterocycles. The first-order valence-electron chi connectivity index (χ1n) is 4.94. The molecule has 0 spiro atoms. The fourth-order valence-corrected chi connectivity index (χ4v) is 1.54. The quantitative estimate of drug-likeness (QED) is 0.798. The summed E-state index contributed by atoms with van der Waals surface area (Å²) in [6.45, 7) is 3.64. The van der Waals surface area contributed by atoms with E-state index in [0.717, 1.165) is 16.8 Å². The van der Waals surface area contributed by atoms with Crippen molar-refractivity contribution in [3.63, 3.8) is 0 Å². The number of rotatable bonds is 1. The molecule has 0 atom stereocenters. The second-order valence-corrected chi connectivity index (χ2v) is 3.64. The molecule has 82 valence electrons. The summed E-state index contributed by atoms with van der Waals surface area (Å²) < 4.78 is 12.8. The van der Waals surface area contributed by atoms with Crippen LogP contribution in [0.3, 0.4) is 0 Å². The maximum Gasteiger partial charge on any atom is 0.130 e. The van der Waals surface area contributed by atoms with Crippen LogP contribution < -0.4 is 5.73 Å². The fraction of sp³-hybridized carbons (Fsp3) is 0.167. The highest BCUT2D eigenvalue weighted by Gasteiger charge is 2.08. The van der Waals surface area contributed by atoms with Crippen molar-refractivity contribution < 1.29 is 4.39 Å². The molecule has 4 heteroatoms. The van der Waals surface area contributed by atoms with Crippen LogP contribution in [0.4, 0.5) is 10.2 Å². The molecular formula is C12H12FN3. The van der Waals surface area contributed by atoms with E-state index in [-0.39, 0.29) is 5.82 Å². The number of hydrogen-bond acceptors (Lipinski definition) is 3. The SMILES string of the molecule is Cc1nc(N)c(C)c(-c2ccc(F)cc2)n1. The zero-order valence-electron chi connectivity index (χ0n) is 9.16. The number of anilines is 1. The molecule has 0 unspecified atom stereocenters. The number of nitrogen functional groups attached to an aromatic ring is 1. The molecular weight excluding hydrogens is 205 g/mol. The van der Waals surface area contributed by atoms with E-state index in [0.29, 0.717) is 11.6 Å². The summed E-state index contributed by atoms with van der Waals surface area (Å²) in [6, 6.07) is 6.18. The third kappa shape index (κ3) is 1.86. The number of hydrogen-bond donors (Lipinski definition) is 1. The molecule has 16 heavy (non-hydrogen) atoms. The number of benzene rings is 1. The predicted octanol–water partition coefficient (Wildman–Crippen LogP) is 2.48. The number of nitrogens with two attached hydrogens (primary N) is 1. The Labute approximate surface area is 93.2 Å². The molecule has 0 bridgehead atoms. The molecule has 3 nitrogen and oxygen atoms in total. The molecule has 0 aliphatic heterocycles. The van der Waals surface area contributed by atoms with Gasteiger partial charge in [-0.2, -0.15) is 0 Å². The highest BCUT2D eigenvalue weighted by atomic mass is 19.1. The van der Waals surface area contributed by atoms with E-state index in [2.05, 4.69) is 9.97 Å². The molecule has 1 aromatic heterocycles. The van der Waals surface area contributed by atoms with Crippen molar-refractivity contribution in [3.05, 3.63) is 41.5 Å². The number of aryl methyl sites for hydroxylation is 1. The maximum absolute atomic E-state index is 12.8. The Kier molecular flexibility index (Phi) is 2.56. The summed E-state index contributed by atoms with van der Waals surface area (Å²) in [5, 5.41) is 0. The van der Waals surface area contributed by atoms with E-state index < -0.39 is 0 Å². The summed E-state index contributed by atoms with van der Waals surface area (Å²) in [7, 11) is 0. The molecule has 0 aliphatic rings. The molecule has 1 heterocycles. The largest absolute Gasteiger partial charge is 0.383 e. The summed E-state index contributed by atoms with van der Waals surface area (Å²) in [4.78, 5) is 8.39. The average molecular weight is 217 g/mol. The molecule has 2 rings (SSSR count). The fourth-order valence-electron chi connectivity index (χ4n) is 1.54. The smallest absolute Gasteiger partial charge is 0.130 e. The highest BCUT2D eigenvalue weighted by molar-refractivity contribution is 5.67. The van der Waals surface area contributed by atoms with E-state index >= 15 is 0 Å². The van der Waals surface area contributed by atoms with Crippen LogP contribution in [-0.4, -0.2) is 9.97 Å². The van der Waals surface area contributed by atoms with Crippen molar-refractivity contribution in [1.29, 1.82) is 0 Å². The lowest BCUT2D eigenvalue weighted by Gasteiger charge is -2.08. The van der Waals surface area contributed by atoms with E-state index in [1.165, 1.54) is 12.1 Å². The molecule has 0 fully saturated rings. The number of nitrogens with zero attached hydrogens (tertiary/aromatic N) is 2. The lowest BCUT2D eigenvalue weighted by Crippen LogP contribution is -2.02. The maximum atomic E-state index is 12.8. The molecule has 2 aromatic rings. The standard InChI is InChI=1S/C12H12FN3/c1-7-11(15-8(2)16-12(7)14)9-3-5-10(13)6-4-9/h3-6H,1-2H3,(H2,14,15,16). The van der Waals surface area contributed by atoms with Crippen molar-refractivity contribution in [3.8, 4) is 11.3 Å². The molecule has 0 saturated carbocycles. The van der Waals surface area contributed by atoms with Crippen molar-refractivity contribution in [2.75, 3.05) is 5.73 Å². The normalized spacial score (nSPS) is 10.4. The first-order chi connectivity index (χ1) is 7.58. The van der Waals surface area contributed by atoms with Gasteiger partial charge in [0.15, 0.2) is 0 Å². The Balaban J connectivity index is 2.59. The predicted molar refractivity (Wildman–Crippen MR) is 61.3 cm³/mol. The van der Waals surface area contributed by atoms with Gasteiger partial charge < -0.3 is 5.73 Å². The lowest BCUT2D eigenvalue weighted by atomic mass is 10.1. The number of aromatic nitrogens is 2. The van der Waals surface area contributed by atoms with Gasteiger partial charge in [-0.25, -0.2) is 14.4 Å². The van der Waals surface area contributed by atoms with Gasteiger partial charge in [0.25, 0.3) is 0 Å². The van der Waals surface area contributed by atoms with Gasteiger partial charge in [-0.1, -0.05) is 0 Å². The van der Waals surface area contributed by atoms with Gasteiger partial charge >= 0.3 is 0 Å². The monoisotopic (exact) mass is 217 g/mol. The second kappa shape index (κ2) is 3.89. The minimum Gasteiger partial charge on any atom is -0.383 e. The Bertz CT molecular complexity index is 521. The van der Waals surface area contributed by atoms with Gasteiger partial charge in [0.1, 0.15) is 17.5 Å². The first kappa shape index (κ1) is 10.5. The lowest BCUT2D eigenvalue weighted by molar-refractivity contribution is 0.628. The van der Waals surface area contributed by atoms with E-state index in [9.17, 15) is 4.39 Å². The van der Waals surface area contributed by atoms with Gasteiger partial charge in [-0.3, -0.25) is 0 Å². The second-order valence-electron chi connectivity index (χ2n) is 3.64. The van der Waals surface area contributed by atoms with Gasteiger partial charge in [0, 0.05) is 11.1 Å². The molecule has 0 amide bonds. The number of halogens is 1. The average Bonchev–Trinajstić information content (AvgIpc) is 2.25. The first-order valence-corrected chi connectivity index (χ1v) is 4.94. The van der Waals surface area contributed by atoms with Crippen LogP contribution in [0.15, 0.2) is 24.3 Å². The van der Waals surface area contributed by atoms with E-state index in [1.807, 2.05) is 6.92 Å². The zero-order chi connectivity index (χ0) is 11.7.